The molecule has 2 fully saturated rings. The molecule has 0 radical (unpaired) electrons. The maximum atomic E-state index is 13.0. The standard InChI is InChI=1S/C18H23N3O3/c1-18(14-6-4-3-5-7-14)16(23)21(17(24)20(18)2)12-15(22)13-8-10-19-11-9-13/h8-11,14H,3-7,12H2,1-2H3. The minimum atomic E-state index is -0.837. The minimum absolute atomic E-state index is 0.161. The van der Waals surface area contributed by atoms with Gasteiger partial charge in [-0.2, -0.15) is 0 Å². The molecule has 24 heavy (non-hydrogen) atoms. The molecular formula is C18H23N3O3. The molecule has 1 saturated carbocycles. The summed E-state index contributed by atoms with van der Waals surface area (Å²) in [6, 6.07) is 2.81. The van der Waals surface area contributed by atoms with Crippen molar-refractivity contribution in [2.24, 2.45) is 5.92 Å². The average Bonchev–Trinajstić information content (AvgIpc) is 2.79. The molecule has 1 aliphatic heterocycles. The molecule has 3 amide bonds. The summed E-state index contributed by atoms with van der Waals surface area (Å²) < 4.78 is 0. The maximum Gasteiger partial charge on any atom is 0.327 e. The highest BCUT2D eigenvalue weighted by molar-refractivity contribution is 6.11. The van der Waals surface area contributed by atoms with E-state index in [1.807, 2.05) is 6.92 Å². The van der Waals surface area contributed by atoms with E-state index in [1.165, 1.54) is 23.7 Å². The summed E-state index contributed by atoms with van der Waals surface area (Å²) in [7, 11) is 1.67. The minimum Gasteiger partial charge on any atom is -0.313 e. The predicted octanol–water partition coefficient (Wildman–Crippen LogP) is 2.50. The Labute approximate surface area is 141 Å². The highest BCUT2D eigenvalue weighted by atomic mass is 16.2. The Morgan fingerprint density at radius 3 is 2.46 bits per heavy atom. The van der Waals surface area contributed by atoms with Gasteiger partial charge >= 0.3 is 6.03 Å². The number of amides is 3. The lowest BCUT2D eigenvalue weighted by molar-refractivity contribution is -0.135. The van der Waals surface area contributed by atoms with Gasteiger partial charge in [0.15, 0.2) is 5.78 Å². The number of pyridine rings is 1. The van der Waals surface area contributed by atoms with Gasteiger partial charge in [0.05, 0.1) is 6.54 Å². The molecule has 6 heteroatoms. The van der Waals surface area contributed by atoms with Crippen molar-refractivity contribution in [1.29, 1.82) is 0 Å². The highest BCUT2D eigenvalue weighted by Crippen LogP contribution is 2.40. The van der Waals surface area contributed by atoms with Crippen LogP contribution in [0.2, 0.25) is 0 Å². The summed E-state index contributed by atoms with van der Waals surface area (Å²) in [5, 5.41) is 0. The maximum absolute atomic E-state index is 13.0. The Morgan fingerprint density at radius 1 is 1.21 bits per heavy atom. The average molecular weight is 329 g/mol. The Morgan fingerprint density at radius 2 is 1.83 bits per heavy atom. The number of Topliss-reactive ketones (excluding diaryl/α,β-unsaturated/α-hetero) is 1. The van der Waals surface area contributed by atoms with E-state index >= 15 is 0 Å². The van der Waals surface area contributed by atoms with Crippen LogP contribution in [0.3, 0.4) is 0 Å². The van der Waals surface area contributed by atoms with Gasteiger partial charge in [-0.25, -0.2) is 4.79 Å². The van der Waals surface area contributed by atoms with Crippen molar-refractivity contribution in [3.63, 3.8) is 0 Å². The van der Waals surface area contributed by atoms with Crippen LogP contribution in [-0.4, -0.2) is 51.6 Å². The Balaban J connectivity index is 1.81. The van der Waals surface area contributed by atoms with Gasteiger partial charge in [0, 0.05) is 25.0 Å². The van der Waals surface area contributed by atoms with Crippen LogP contribution in [-0.2, 0) is 4.79 Å². The van der Waals surface area contributed by atoms with Crippen molar-refractivity contribution < 1.29 is 14.4 Å². The third-order valence-corrected chi connectivity index (χ3v) is 5.60. The molecule has 0 aromatic carbocycles. The number of urea groups is 1. The smallest absolute Gasteiger partial charge is 0.313 e. The zero-order valence-corrected chi connectivity index (χ0v) is 14.2. The number of hydrogen-bond acceptors (Lipinski definition) is 4. The fourth-order valence-electron chi connectivity index (χ4n) is 3.91. The van der Waals surface area contributed by atoms with Crippen LogP contribution in [0.1, 0.15) is 49.4 Å². The first-order valence-electron chi connectivity index (χ1n) is 8.49. The van der Waals surface area contributed by atoms with Crippen LogP contribution >= 0.6 is 0 Å². The van der Waals surface area contributed by atoms with E-state index in [0.717, 1.165) is 30.6 Å². The molecule has 2 heterocycles. The second-order valence-corrected chi connectivity index (χ2v) is 6.87. The summed E-state index contributed by atoms with van der Waals surface area (Å²) >= 11 is 0. The number of likely N-dealkylation sites (N-methyl/N-ethyl adjacent to an activating group) is 1. The van der Waals surface area contributed by atoms with Crippen molar-refractivity contribution in [2.45, 2.75) is 44.6 Å². The van der Waals surface area contributed by atoms with Gasteiger partial charge in [-0.1, -0.05) is 19.3 Å². The molecule has 0 bridgehead atoms. The molecule has 0 N–H and O–H groups in total. The van der Waals surface area contributed by atoms with Gasteiger partial charge in [0.25, 0.3) is 5.91 Å². The van der Waals surface area contributed by atoms with E-state index in [1.54, 1.807) is 19.2 Å². The van der Waals surface area contributed by atoms with Crippen molar-refractivity contribution in [1.82, 2.24) is 14.8 Å². The zero-order valence-electron chi connectivity index (χ0n) is 14.2. The van der Waals surface area contributed by atoms with Crippen LogP contribution in [0.25, 0.3) is 0 Å². The molecule has 1 aromatic rings. The molecule has 1 atom stereocenters. The molecule has 0 spiro atoms. The van der Waals surface area contributed by atoms with Gasteiger partial charge in [0.1, 0.15) is 5.54 Å². The molecule has 1 aliphatic carbocycles. The summed E-state index contributed by atoms with van der Waals surface area (Å²) in [4.78, 5) is 44.5. The molecular weight excluding hydrogens is 306 g/mol. The van der Waals surface area contributed by atoms with Crippen molar-refractivity contribution in [2.75, 3.05) is 13.6 Å². The first-order chi connectivity index (χ1) is 11.5. The first-order valence-corrected chi connectivity index (χ1v) is 8.49. The molecule has 6 nitrogen and oxygen atoms in total. The van der Waals surface area contributed by atoms with Crippen LogP contribution < -0.4 is 0 Å². The van der Waals surface area contributed by atoms with Gasteiger partial charge in [-0.15, -0.1) is 0 Å². The van der Waals surface area contributed by atoms with E-state index in [2.05, 4.69) is 4.98 Å². The number of carbonyl (C=O) groups excluding carboxylic acids is 3. The van der Waals surface area contributed by atoms with Crippen molar-refractivity contribution in [3.8, 4) is 0 Å². The van der Waals surface area contributed by atoms with E-state index in [-0.39, 0.29) is 30.2 Å². The summed E-state index contributed by atoms with van der Waals surface area (Å²) in [5.41, 5.74) is -0.379. The van der Waals surface area contributed by atoms with E-state index in [0.29, 0.717) is 5.56 Å². The molecule has 128 valence electrons. The largest absolute Gasteiger partial charge is 0.327 e. The van der Waals surface area contributed by atoms with Crippen LogP contribution in [0.5, 0.6) is 0 Å². The van der Waals surface area contributed by atoms with Gasteiger partial charge < -0.3 is 4.90 Å². The molecule has 1 aromatic heterocycles. The lowest BCUT2D eigenvalue weighted by atomic mass is 9.75. The lowest BCUT2D eigenvalue weighted by Gasteiger charge is -2.38. The SMILES string of the molecule is CN1C(=O)N(CC(=O)c2ccncc2)C(=O)C1(C)C1CCCCC1. The van der Waals surface area contributed by atoms with Crippen LogP contribution in [0.15, 0.2) is 24.5 Å². The fraction of sp³-hybridized carbons (Fsp3) is 0.556. The number of ketones is 1. The number of aromatic nitrogens is 1. The molecule has 1 unspecified atom stereocenters. The quantitative estimate of drug-likeness (QED) is 0.628. The molecule has 1 saturated heterocycles. The van der Waals surface area contributed by atoms with E-state index in [9.17, 15) is 14.4 Å². The predicted molar refractivity (Wildman–Crippen MR) is 88.4 cm³/mol. The van der Waals surface area contributed by atoms with E-state index < -0.39 is 5.54 Å². The number of carbonyl (C=O) groups is 3. The second-order valence-electron chi connectivity index (χ2n) is 6.87. The summed E-state index contributed by atoms with van der Waals surface area (Å²) in [6.07, 6.45) is 8.32. The van der Waals surface area contributed by atoms with Gasteiger partial charge in [0.2, 0.25) is 0 Å². The number of nitrogens with zero attached hydrogens (tertiary/aromatic N) is 3. The Hall–Kier alpha value is -2.24. The highest BCUT2D eigenvalue weighted by Gasteiger charge is 2.56. The fourth-order valence-corrected chi connectivity index (χ4v) is 3.91. The Kier molecular flexibility index (Phi) is 4.39. The number of rotatable bonds is 4. The topological polar surface area (TPSA) is 70.6 Å². The van der Waals surface area contributed by atoms with Crippen LogP contribution in [0.4, 0.5) is 4.79 Å². The van der Waals surface area contributed by atoms with E-state index in [4.69, 9.17) is 0 Å². The third kappa shape index (κ3) is 2.60. The van der Waals surface area contributed by atoms with Crippen molar-refractivity contribution >= 4 is 17.7 Å². The number of imide groups is 1. The normalized spacial score (nSPS) is 25.4. The van der Waals surface area contributed by atoms with Crippen molar-refractivity contribution in [3.05, 3.63) is 30.1 Å². The number of hydrogen-bond donors (Lipinski definition) is 0. The Bertz CT molecular complexity index is 655. The first kappa shape index (κ1) is 16.6. The summed E-state index contributed by atoms with van der Waals surface area (Å²) in [5.74, 6) is -0.335. The second kappa shape index (κ2) is 6.34. The molecule has 3 rings (SSSR count). The zero-order chi connectivity index (χ0) is 17.3. The third-order valence-electron chi connectivity index (χ3n) is 5.60. The van der Waals surface area contributed by atoms with Gasteiger partial charge in [-0.3, -0.25) is 19.5 Å². The lowest BCUT2D eigenvalue weighted by Crippen LogP contribution is -2.52. The monoisotopic (exact) mass is 329 g/mol. The van der Waals surface area contributed by atoms with Crippen LogP contribution in [0, 0.1) is 5.92 Å². The summed E-state index contributed by atoms with van der Waals surface area (Å²) in [6.45, 7) is 1.63. The van der Waals surface area contributed by atoms with Gasteiger partial charge in [-0.05, 0) is 37.8 Å². The molecule has 2 aliphatic rings.